The van der Waals surface area contributed by atoms with Gasteiger partial charge in [-0.3, -0.25) is 14.5 Å². The van der Waals surface area contributed by atoms with Gasteiger partial charge < -0.3 is 5.32 Å². The summed E-state index contributed by atoms with van der Waals surface area (Å²) in [6.07, 6.45) is 0.506. The Balaban J connectivity index is 2.34. The smallest absolute Gasteiger partial charge is 0.220 e. The Hall–Kier alpha value is -1.68. The summed E-state index contributed by atoms with van der Waals surface area (Å²) in [7, 11) is 0. The zero-order chi connectivity index (χ0) is 16.5. The maximum Gasteiger partial charge on any atom is 0.220 e. The maximum atomic E-state index is 12.0. The van der Waals surface area contributed by atoms with Crippen molar-refractivity contribution in [3.63, 3.8) is 0 Å². The van der Waals surface area contributed by atoms with Crippen LogP contribution in [0.25, 0.3) is 0 Å². The largest absolute Gasteiger partial charge is 0.355 e. The van der Waals surface area contributed by atoms with Gasteiger partial charge in [0.15, 0.2) is 5.78 Å². The van der Waals surface area contributed by atoms with E-state index in [2.05, 4.69) is 31.0 Å². The van der Waals surface area contributed by atoms with Crippen LogP contribution in [0.2, 0.25) is 0 Å². The number of hydrogen-bond acceptors (Lipinski definition) is 3. The summed E-state index contributed by atoms with van der Waals surface area (Å²) in [6, 6.07) is 7.78. The molecule has 0 saturated heterocycles. The SMILES string of the molecule is CCN(CC)C(C)CNC(=O)CCC(=O)c1ccc(C)cc1. The third-order valence-corrected chi connectivity index (χ3v) is 3.98. The van der Waals surface area contributed by atoms with E-state index in [1.54, 1.807) is 0 Å². The molecular weight excluding hydrogens is 276 g/mol. The third-order valence-electron chi connectivity index (χ3n) is 3.98. The summed E-state index contributed by atoms with van der Waals surface area (Å²) >= 11 is 0. The summed E-state index contributed by atoms with van der Waals surface area (Å²) in [5.41, 5.74) is 1.80. The minimum atomic E-state index is -0.0560. The predicted molar refractivity (Wildman–Crippen MR) is 90.1 cm³/mol. The molecule has 0 spiro atoms. The van der Waals surface area contributed by atoms with Crippen LogP contribution in [0.4, 0.5) is 0 Å². The Morgan fingerprint density at radius 2 is 1.68 bits per heavy atom. The summed E-state index contributed by atoms with van der Waals surface area (Å²) in [6.45, 7) is 10.9. The number of rotatable bonds is 9. The zero-order valence-electron chi connectivity index (χ0n) is 14.2. The summed E-state index contributed by atoms with van der Waals surface area (Å²) in [5.74, 6) is -0.0357. The van der Waals surface area contributed by atoms with Crippen LogP contribution in [0, 0.1) is 6.92 Å². The number of ketones is 1. The van der Waals surface area contributed by atoms with Crippen molar-refractivity contribution in [1.29, 1.82) is 0 Å². The van der Waals surface area contributed by atoms with Crippen molar-refractivity contribution < 1.29 is 9.59 Å². The van der Waals surface area contributed by atoms with Gasteiger partial charge in [0.25, 0.3) is 0 Å². The van der Waals surface area contributed by atoms with Crippen molar-refractivity contribution in [3.05, 3.63) is 35.4 Å². The molecule has 0 saturated carbocycles. The van der Waals surface area contributed by atoms with Crippen LogP contribution >= 0.6 is 0 Å². The van der Waals surface area contributed by atoms with Gasteiger partial charge in [-0.15, -0.1) is 0 Å². The highest BCUT2D eigenvalue weighted by Gasteiger charge is 2.13. The molecule has 0 aromatic heterocycles. The molecule has 1 aromatic rings. The highest BCUT2D eigenvalue weighted by Crippen LogP contribution is 2.07. The molecule has 22 heavy (non-hydrogen) atoms. The maximum absolute atomic E-state index is 12.0. The number of hydrogen-bond donors (Lipinski definition) is 1. The topological polar surface area (TPSA) is 49.4 Å². The fourth-order valence-electron chi connectivity index (χ4n) is 2.44. The number of amides is 1. The van der Waals surface area contributed by atoms with Crippen LogP contribution in [-0.2, 0) is 4.79 Å². The minimum absolute atomic E-state index is 0.0203. The second kappa shape index (κ2) is 9.36. The van der Waals surface area contributed by atoms with E-state index < -0.39 is 0 Å². The summed E-state index contributed by atoms with van der Waals surface area (Å²) < 4.78 is 0. The second-order valence-electron chi connectivity index (χ2n) is 5.66. The molecule has 0 bridgehead atoms. The lowest BCUT2D eigenvalue weighted by atomic mass is 10.0. The molecule has 0 radical (unpaired) electrons. The Bertz CT molecular complexity index is 478. The van der Waals surface area contributed by atoms with Crippen molar-refractivity contribution in [1.82, 2.24) is 10.2 Å². The van der Waals surface area contributed by atoms with E-state index in [4.69, 9.17) is 0 Å². The molecule has 0 aliphatic rings. The standard InChI is InChI=1S/C18H28N2O2/c1-5-20(6-2)15(4)13-19-18(22)12-11-17(21)16-9-7-14(3)8-10-16/h7-10,15H,5-6,11-13H2,1-4H3,(H,19,22). The van der Waals surface area contributed by atoms with Gasteiger partial charge in [-0.05, 0) is 26.9 Å². The first-order valence-corrected chi connectivity index (χ1v) is 8.08. The fourth-order valence-corrected chi connectivity index (χ4v) is 2.44. The molecule has 4 heteroatoms. The summed E-state index contributed by atoms with van der Waals surface area (Å²) in [4.78, 5) is 26.2. The first-order valence-electron chi connectivity index (χ1n) is 8.08. The molecule has 1 unspecified atom stereocenters. The van der Waals surface area contributed by atoms with Crippen molar-refractivity contribution in [2.45, 2.75) is 46.6 Å². The van der Waals surface area contributed by atoms with Crippen LogP contribution < -0.4 is 5.32 Å². The molecule has 4 nitrogen and oxygen atoms in total. The van der Waals surface area contributed by atoms with Crippen molar-refractivity contribution >= 4 is 11.7 Å². The minimum Gasteiger partial charge on any atom is -0.355 e. The number of aryl methyl sites for hydroxylation is 1. The lowest BCUT2D eigenvalue weighted by molar-refractivity contribution is -0.121. The van der Waals surface area contributed by atoms with Gasteiger partial charge in [0.05, 0.1) is 0 Å². The molecule has 0 aliphatic carbocycles. The lowest BCUT2D eigenvalue weighted by Crippen LogP contribution is -2.42. The summed E-state index contributed by atoms with van der Waals surface area (Å²) in [5, 5.41) is 2.91. The lowest BCUT2D eigenvalue weighted by Gasteiger charge is -2.26. The van der Waals surface area contributed by atoms with Gasteiger partial charge in [-0.1, -0.05) is 43.7 Å². The van der Waals surface area contributed by atoms with E-state index in [0.29, 0.717) is 18.2 Å². The van der Waals surface area contributed by atoms with Gasteiger partial charge >= 0.3 is 0 Å². The van der Waals surface area contributed by atoms with Crippen LogP contribution in [-0.4, -0.2) is 42.3 Å². The van der Waals surface area contributed by atoms with E-state index in [0.717, 1.165) is 18.7 Å². The van der Waals surface area contributed by atoms with Gasteiger partial charge in [-0.2, -0.15) is 0 Å². The van der Waals surface area contributed by atoms with Crippen LogP contribution in [0.15, 0.2) is 24.3 Å². The number of likely N-dealkylation sites (N-methyl/N-ethyl adjacent to an activating group) is 1. The molecule has 1 amide bonds. The van der Waals surface area contributed by atoms with Crippen molar-refractivity contribution in [2.24, 2.45) is 0 Å². The Morgan fingerprint density at radius 1 is 1.09 bits per heavy atom. The van der Waals surface area contributed by atoms with Crippen LogP contribution in [0.3, 0.4) is 0 Å². The number of carbonyl (C=O) groups excluding carboxylic acids is 2. The molecule has 1 N–H and O–H groups in total. The third kappa shape index (κ3) is 5.98. The van der Waals surface area contributed by atoms with Crippen molar-refractivity contribution in [2.75, 3.05) is 19.6 Å². The Morgan fingerprint density at radius 3 is 2.23 bits per heavy atom. The molecule has 1 aromatic carbocycles. The van der Waals surface area contributed by atoms with Gasteiger partial charge in [-0.25, -0.2) is 0 Å². The second-order valence-corrected chi connectivity index (χ2v) is 5.66. The predicted octanol–water partition coefficient (Wildman–Crippen LogP) is 2.80. The number of nitrogens with one attached hydrogen (secondary N) is 1. The van der Waals surface area contributed by atoms with E-state index in [1.165, 1.54) is 0 Å². The Labute approximate surface area is 133 Å². The number of Topliss-reactive ketones (excluding diaryl/α,β-unsaturated/α-hetero) is 1. The average molecular weight is 304 g/mol. The highest BCUT2D eigenvalue weighted by atomic mass is 16.2. The number of nitrogens with zero attached hydrogens (tertiary/aromatic N) is 1. The first-order chi connectivity index (χ1) is 10.5. The first kappa shape index (κ1) is 18.4. The quantitative estimate of drug-likeness (QED) is 0.714. The fraction of sp³-hybridized carbons (Fsp3) is 0.556. The zero-order valence-corrected chi connectivity index (χ0v) is 14.2. The normalized spacial score (nSPS) is 12.2. The molecule has 122 valence electrons. The number of benzene rings is 1. The molecule has 0 fully saturated rings. The van der Waals surface area contributed by atoms with E-state index >= 15 is 0 Å². The van der Waals surface area contributed by atoms with Crippen molar-refractivity contribution in [3.8, 4) is 0 Å². The highest BCUT2D eigenvalue weighted by molar-refractivity contribution is 5.97. The molecule has 0 aliphatic heterocycles. The van der Waals surface area contributed by atoms with Crippen LogP contribution in [0.1, 0.15) is 49.5 Å². The molecular formula is C18H28N2O2. The molecule has 1 rings (SSSR count). The molecule has 0 heterocycles. The monoisotopic (exact) mass is 304 g/mol. The molecule has 1 atom stereocenters. The van der Waals surface area contributed by atoms with E-state index in [1.807, 2.05) is 31.2 Å². The van der Waals surface area contributed by atoms with E-state index in [9.17, 15) is 9.59 Å². The van der Waals surface area contributed by atoms with Gasteiger partial charge in [0.1, 0.15) is 0 Å². The average Bonchev–Trinajstić information content (AvgIpc) is 2.52. The van der Waals surface area contributed by atoms with Gasteiger partial charge in [0.2, 0.25) is 5.91 Å². The number of carbonyl (C=O) groups is 2. The van der Waals surface area contributed by atoms with Crippen LogP contribution in [0.5, 0.6) is 0 Å². The van der Waals surface area contributed by atoms with E-state index in [-0.39, 0.29) is 24.5 Å². The Kier molecular flexibility index (Phi) is 7.82. The van der Waals surface area contributed by atoms with Gasteiger partial charge in [0, 0.05) is 31.0 Å².